The second-order valence-electron chi connectivity index (χ2n) is 4.80. The SMILES string of the molecule is CCN(CC)c1ccc(C=N/C(C#N)=C(/C#N)NC(C)=O)c(O)c1. The van der Waals surface area contributed by atoms with Crippen LogP contribution in [0.4, 0.5) is 5.69 Å². The Kier molecular flexibility index (Phi) is 6.99. The monoisotopic (exact) mass is 325 g/mol. The molecule has 0 bridgehead atoms. The smallest absolute Gasteiger partial charge is 0.221 e. The molecular weight excluding hydrogens is 306 g/mol. The van der Waals surface area contributed by atoms with E-state index in [1.165, 1.54) is 13.1 Å². The molecule has 0 saturated heterocycles. The van der Waals surface area contributed by atoms with Gasteiger partial charge in [0.25, 0.3) is 0 Å². The lowest BCUT2D eigenvalue weighted by atomic mass is 10.2. The Morgan fingerprint density at radius 1 is 1.33 bits per heavy atom. The standard InChI is InChI=1S/C17H19N5O2/c1-4-22(5-2)14-7-6-13(17(24)8-14)11-20-15(9-18)16(10-19)21-12(3)23/h6-8,11,24H,4-5H2,1-3H3,(H,21,23)/b16-15-,20-11?. The van der Waals surface area contributed by atoms with Crippen LogP contribution in [0.5, 0.6) is 5.75 Å². The van der Waals surface area contributed by atoms with E-state index in [1.807, 2.05) is 19.9 Å². The number of hydrogen-bond donors (Lipinski definition) is 2. The van der Waals surface area contributed by atoms with Crippen molar-refractivity contribution in [2.24, 2.45) is 4.99 Å². The van der Waals surface area contributed by atoms with Crippen molar-refractivity contribution < 1.29 is 9.90 Å². The lowest BCUT2D eigenvalue weighted by Crippen LogP contribution is -2.21. The third kappa shape index (κ3) is 4.85. The van der Waals surface area contributed by atoms with Gasteiger partial charge in [0.05, 0.1) is 0 Å². The van der Waals surface area contributed by atoms with Gasteiger partial charge in [0.15, 0.2) is 11.4 Å². The van der Waals surface area contributed by atoms with Crippen molar-refractivity contribution in [3.63, 3.8) is 0 Å². The molecule has 0 radical (unpaired) electrons. The number of phenols is 1. The van der Waals surface area contributed by atoms with E-state index < -0.39 is 5.91 Å². The van der Waals surface area contributed by atoms with Crippen molar-refractivity contribution >= 4 is 17.8 Å². The molecule has 0 unspecified atom stereocenters. The van der Waals surface area contributed by atoms with Crippen molar-refractivity contribution in [1.82, 2.24) is 5.32 Å². The number of anilines is 1. The summed E-state index contributed by atoms with van der Waals surface area (Å²) in [5.41, 5.74) is 0.806. The molecule has 1 aromatic carbocycles. The molecule has 7 nitrogen and oxygen atoms in total. The zero-order valence-corrected chi connectivity index (χ0v) is 13.9. The van der Waals surface area contributed by atoms with Crippen LogP contribution in [0.15, 0.2) is 34.6 Å². The van der Waals surface area contributed by atoms with Gasteiger partial charge >= 0.3 is 0 Å². The molecule has 2 N–H and O–H groups in total. The minimum atomic E-state index is -0.471. The number of nitriles is 2. The topological polar surface area (TPSA) is 113 Å². The molecule has 0 aromatic heterocycles. The average molecular weight is 325 g/mol. The molecule has 0 aliphatic rings. The average Bonchev–Trinajstić information content (AvgIpc) is 2.56. The predicted molar refractivity (Wildman–Crippen MR) is 91.3 cm³/mol. The first-order valence-corrected chi connectivity index (χ1v) is 7.40. The molecule has 1 rings (SSSR count). The van der Waals surface area contributed by atoms with Gasteiger partial charge in [-0.25, -0.2) is 4.99 Å². The summed E-state index contributed by atoms with van der Waals surface area (Å²) in [6, 6.07) is 8.59. The number of allylic oxidation sites excluding steroid dienone is 2. The molecule has 0 atom stereocenters. The van der Waals surface area contributed by atoms with Gasteiger partial charge in [-0.3, -0.25) is 4.79 Å². The first kappa shape index (κ1) is 18.7. The maximum absolute atomic E-state index is 11.0. The molecule has 0 spiro atoms. The van der Waals surface area contributed by atoms with Crippen molar-refractivity contribution in [1.29, 1.82) is 10.5 Å². The highest BCUT2D eigenvalue weighted by Gasteiger charge is 2.08. The second-order valence-corrected chi connectivity index (χ2v) is 4.80. The number of benzene rings is 1. The summed E-state index contributed by atoms with van der Waals surface area (Å²) in [4.78, 5) is 17.0. The van der Waals surface area contributed by atoms with Crippen LogP contribution < -0.4 is 10.2 Å². The number of nitrogens with zero attached hydrogens (tertiary/aromatic N) is 4. The quantitative estimate of drug-likeness (QED) is 0.614. The summed E-state index contributed by atoms with van der Waals surface area (Å²) < 4.78 is 0. The Hall–Kier alpha value is -3.32. The van der Waals surface area contributed by atoms with Gasteiger partial charge in [0.1, 0.15) is 17.9 Å². The lowest BCUT2D eigenvalue weighted by molar-refractivity contribution is -0.118. The van der Waals surface area contributed by atoms with Crippen molar-refractivity contribution in [3.8, 4) is 17.9 Å². The first-order chi connectivity index (χ1) is 11.5. The summed E-state index contributed by atoms with van der Waals surface area (Å²) in [6.07, 6.45) is 1.28. The third-order valence-electron chi connectivity index (χ3n) is 3.23. The van der Waals surface area contributed by atoms with Crippen LogP contribution in [0.1, 0.15) is 26.3 Å². The van der Waals surface area contributed by atoms with Gasteiger partial charge in [0.2, 0.25) is 5.91 Å². The first-order valence-electron chi connectivity index (χ1n) is 7.40. The Labute approximate surface area is 141 Å². The van der Waals surface area contributed by atoms with Gasteiger partial charge in [-0.15, -0.1) is 0 Å². The summed E-state index contributed by atoms with van der Waals surface area (Å²) in [6.45, 7) is 6.89. The minimum absolute atomic E-state index is 0.0125. The van der Waals surface area contributed by atoms with E-state index >= 15 is 0 Å². The highest BCUT2D eigenvalue weighted by Crippen LogP contribution is 2.23. The molecule has 0 aliphatic carbocycles. The highest BCUT2D eigenvalue weighted by molar-refractivity contribution is 5.86. The molecule has 1 amide bonds. The van der Waals surface area contributed by atoms with Crippen LogP contribution in [-0.4, -0.2) is 30.3 Å². The van der Waals surface area contributed by atoms with Crippen LogP contribution in [0.25, 0.3) is 0 Å². The summed E-state index contributed by atoms with van der Waals surface area (Å²) in [5.74, 6) is -0.459. The molecule has 24 heavy (non-hydrogen) atoms. The van der Waals surface area contributed by atoms with Gasteiger partial charge in [-0.2, -0.15) is 10.5 Å². The number of rotatable bonds is 6. The van der Waals surface area contributed by atoms with E-state index in [1.54, 1.807) is 24.3 Å². The number of carbonyl (C=O) groups excluding carboxylic acids is 1. The molecule has 124 valence electrons. The van der Waals surface area contributed by atoms with E-state index in [0.29, 0.717) is 5.56 Å². The molecule has 0 aliphatic heterocycles. The molecule has 0 heterocycles. The number of phenolic OH excluding ortho intramolecular Hbond substituents is 1. The summed E-state index contributed by atoms with van der Waals surface area (Å²) in [7, 11) is 0. The fourth-order valence-electron chi connectivity index (χ4n) is 2.03. The molecular formula is C17H19N5O2. The number of nitrogens with one attached hydrogen (secondary N) is 1. The number of aromatic hydroxyl groups is 1. The molecule has 1 aromatic rings. The fraction of sp³-hybridized carbons (Fsp3) is 0.294. The maximum atomic E-state index is 11.0. The van der Waals surface area contributed by atoms with Crippen molar-refractivity contribution in [2.45, 2.75) is 20.8 Å². The molecule has 0 saturated carbocycles. The molecule has 7 heteroatoms. The fourth-order valence-corrected chi connectivity index (χ4v) is 2.03. The van der Waals surface area contributed by atoms with Gasteiger partial charge in [-0.1, -0.05) is 0 Å². The number of amides is 1. The Morgan fingerprint density at radius 2 is 2.00 bits per heavy atom. The van der Waals surface area contributed by atoms with Crippen LogP contribution in [-0.2, 0) is 4.79 Å². The third-order valence-corrected chi connectivity index (χ3v) is 3.23. The van der Waals surface area contributed by atoms with Gasteiger partial charge in [-0.05, 0) is 26.0 Å². The minimum Gasteiger partial charge on any atom is -0.507 e. The number of carbonyl (C=O) groups is 1. The highest BCUT2D eigenvalue weighted by atomic mass is 16.3. The largest absolute Gasteiger partial charge is 0.507 e. The lowest BCUT2D eigenvalue weighted by Gasteiger charge is -2.21. The Morgan fingerprint density at radius 3 is 2.46 bits per heavy atom. The zero-order valence-electron chi connectivity index (χ0n) is 13.9. The van der Waals surface area contributed by atoms with E-state index in [4.69, 9.17) is 10.5 Å². The van der Waals surface area contributed by atoms with Crippen LogP contribution >= 0.6 is 0 Å². The van der Waals surface area contributed by atoms with Gasteiger partial charge in [0, 0.05) is 43.5 Å². The van der Waals surface area contributed by atoms with E-state index in [-0.39, 0.29) is 17.1 Å². The van der Waals surface area contributed by atoms with E-state index in [9.17, 15) is 9.90 Å². The predicted octanol–water partition coefficient (Wildman–Crippen LogP) is 2.05. The number of aliphatic imine (C=N–C) groups is 1. The Balaban J connectivity index is 3.14. The summed E-state index contributed by atoms with van der Waals surface area (Å²) >= 11 is 0. The van der Waals surface area contributed by atoms with Crippen molar-refractivity contribution in [2.75, 3.05) is 18.0 Å². The van der Waals surface area contributed by atoms with Gasteiger partial charge < -0.3 is 15.3 Å². The maximum Gasteiger partial charge on any atom is 0.221 e. The Bertz CT molecular complexity index is 749. The van der Waals surface area contributed by atoms with E-state index in [2.05, 4.69) is 15.2 Å². The van der Waals surface area contributed by atoms with Crippen LogP contribution in [0.2, 0.25) is 0 Å². The van der Waals surface area contributed by atoms with Crippen LogP contribution in [0.3, 0.4) is 0 Å². The summed E-state index contributed by atoms with van der Waals surface area (Å²) in [5, 5.41) is 30.4. The second kappa shape index (κ2) is 8.96. The molecule has 0 fully saturated rings. The normalized spacial score (nSPS) is 11.4. The zero-order chi connectivity index (χ0) is 18.1. The van der Waals surface area contributed by atoms with E-state index in [0.717, 1.165) is 18.8 Å². The van der Waals surface area contributed by atoms with Crippen molar-refractivity contribution in [3.05, 3.63) is 35.2 Å². The van der Waals surface area contributed by atoms with Crippen LogP contribution in [0, 0.1) is 22.7 Å². The number of hydrogen-bond acceptors (Lipinski definition) is 6.